The van der Waals surface area contributed by atoms with Gasteiger partial charge in [-0.25, -0.2) is 0 Å². The Bertz CT molecular complexity index is 748. The number of carboxylic acid groups (broad SMARTS) is 1. The predicted octanol–water partition coefficient (Wildman–Crippen LogP) is 0.0931. The van der Waals surface area contributed by atoms with Gasteiger partial charge in [-0.15, -0.1) is 0 Å². The molecule has 1 saturated heterocycles. The molecule has 0 bridgehead atoms. The topological polar surface area (TPSA) is 60.2 Å². The third-order valence-electron chi connectivity index (χ3n) is 4.56. The van der Waals surface area contributed by atoms with Crippen LogP contribution in [0.5, 0.6) is 0 Å². The highest BCUT2D eigenvalue weighted by Gasteiger charge is 2.18. The van der Waals surface area contributed by atoms with E-state index in [1.54, 1.807) is 35.4 Å². The van der Waals surface area contributed by atoms with E-state index in [2.05, 4.69) is 36.3 Å². The summed E-state index contributed by atoms with van der Waals surface area (Å²) < 4.78 is 0. The van der Waals surface area contributed by atoms with Gasteiger partial charge in [0.05, 0.1) is 38.4 Å². The van der Waals surface area contributed by atoms with Gasteiger partial charge < -0.3 is 14.8 Å². The number of quaternary nitrogens is 1. The van der Waals surface area contributed by atoms with E-state index in [9.17, 15) is 9.90 Å². The summed E-state index contributed by atoms with van der Waals surface area (Å²) in [6.45, 7) is 6.91. The monoisotopic (exact) mass is 337 g/mol. The number of nitrogens with one attached hydrogen (secondary N) is 1. The third-order valence-corrected chi connectivity index (χ3v) is 4.56. The SMILES string of the molecule is Cc1ccc(C[NH+]2CCN(/N=C/c3ccccc3C(=O)[O-])CC2)cc1. The average Bonchev–Trinajstić information content (AvgIpc) is 2.63. The van der Waals surface area contributed by atoms with Crippen LogP contribution in [0.25, 0.3) is 0 Å². The Balaban J connectivity index is 1.54. The van der Waals surface area contributed by atoms with E-state index in [-0.39, 0.29) is 5.56 Å². The van der Waals surface area contributed by atoms with Gasteiger partial charge in [-0.05, 0) is 6.92 Å². The molecule has 1 heterocycles. The molecule has 130 valence electrons. The Hall–Kier alpha value is -2.66. The lowest BCUT2D eigenvalue weighted by atomic mass is 10.1. The molecule has 0 unspecified atom stereocenters. The van der Waals surface area contributed by atoms with Crippen LogP contribution >= 0.6 is 0 Å². The summed E-state index contributed by atoms with van der Waals surface area (Å²) in [7, 11) is 0. The smallest absolute Gasteiger partial charge is 0.103 e. The Kier molecular flexibility index (Phi) is 5.46. The maximum absolute atomic E-state index is 11.1. The lowest BCUT2D eigenvalue weighted by molar-refractivity contribution is -0.918. The number of hydrogen-bond donors (Lipinski definition) is 1. The standard InChI is InChI=1S/C20H23N3O2/c1-16-6-8-17(9-7-16)15-22-10-12-23(13-11-22)21-14-18-4-2-3-5-19(18)20(24)25/h2-9,14H,10-13,15H2,1H3,(H,24,25)/b21-14+. The summed E-state index contributed by atoms with van der Waals surface area (Å²) in [5, 5.41) is 17.6. The molecule has 5 heteroatoms. The maximum atomic E-state index is 11.1. The normalized spacial score (nSPS) is 15.6. The van der Waals surface area contributed by atoms with Crippen LogP contribution in [0.4, 0.5) is 0 Å². The highest BCUT2D eigenvalue weighted by Crippen LogP contribution is 2.06. The third kappa shape index (κ3) is 4.67. The van der Waals surface area contributed by atoms with E-state index in [1.807, 2.05) is 5.01 Å². The minimum atomic E-state index is -1.17. The number of benzene rings is 2. The zero-order valence-electron chi connectivity index (χ0n) is 14.4. The van der Waals surface area contributed by atoms with Crippen LogP contribution < -0.4 is 10.0 Å². The van der Waals surface area contributed by atoms with Crippen LogP contribution in [-0.4, -0.2) is 43.4 Å². The Morgan fingerprint density at radius 2 is 1.84 bits per heavy atom. The zero-order chi connectivity index (χ0) is 17.6. The van der Waals surface area contributed by atoms with Gasteiger partial charge in [-0.1, -0.05) is 54.1 Å². The Morgan fingerprint density at radius 1 is 1.16 bits per heavy atom. The molecule has 1 N–H and O–H groups in total. The van der Waals surface area contributed by atoms with Crippen molar-refractivity contribution in [2.45, 2.75) is 13.5 Å². The molecule has 2 aromatic carbocycles. The average molecular weight is 337 g/mol. The molecule has 0 aliphatic carbocycles. The lowest BCUT2D eigenvalue weighted by Gasteiger charge is -2.30. The molecular weight excluding hydrogens is 314 g/mol. The molecule has 2 aromatic rings. The summed E-state index contributed by atoms with van der Waals surface area (Å²) in [4.78, 5) is 12.7. The number of carbonyl (C=O) groups excluding carboxylic acids is 1. The highest BCUT2D eigenvalue weighted by atomic mass is 16.4. The van der Waals surface area contributed by atoms with Gasteiger partial charge in [0.1, 0.15) is 6.54 Å². The van der Waals surface area contributed by atoms with Crippen molar-refractivity contribution < 1.29 is 14.8 Å². The Morgan fingerprint density at radius 3 is 2.52 bits per heavy atom. The van der Waals surface area contributed by atoms with Gasteiger partial charge in [0.15, 0.2) is 0 Å². The van der Waals surface area contributed by atoms with Crippen LogP contribution in [0, 0.1) is 6.92 Å². The first-order valence-corrected chi connectivity index (χ1v) is 8.60. The van der Waals surface area contributed by atoms with Gasteiger partial charge in [-0.2, -0.15) is 5.10 Å². The van der Waals surface area contributed by atoms with E-state index in [0.29, 0.717) is 5.56 Å². The number of carbonyl (C=O) groups is 1. The van der Waals surface area contributed by atoms with Crippen molar-refractivity contribution in [1.82, 2.24) is 5.01 Å². The molecule has 0 aromatic heterocycles. The zero-order valence-corrected chi connectivity index (χ0v) is 14.4. The first kappa shape index (κ1) is 17.2. The first-order chi connectivity index (χ1) is 12.1. The summed E-state index contributed by atoms with van der Waals surface area (Å²) >= 11 is 0. The van der Waals surface area contributed by atoms with E-state index >= 15 is 0 Å². The van der Waals surface area contributed by atoms with Gasteiger partial charge >= 0.3 is 0 Å². The molecule has 1 aliphatic heterocycles. The van der Waals surface area contributed by atoms with Crippen LogP contribution in [-0.2, 0) is 6.54 Å². The lowest BCUT2D eigenvalue weighted by Crippen LogP contribution is -3.13. The summed E-state index contributed by atoms with van der Waals surface area (Å²) in [6.07, 6.45) is 1.62. The van der Waals surface area contributed by atoms with Crippen molar-refractivity contribution in [1.29, 1.82) is 0 Å². The van der Waals surface area contributed by atoms with Gasteiger partial charge in [0, 0.05) is 16.7 Å². The van der Waals surface area contributed by atoms with Crippen molar-refractivity contribution in [3.63, 3.8) is 0 Å². The van der Waals surface area contributed by atoms with Crippen LogP contribution in [0.1, 0.15) is 27.0 Å². The van der Waals surface area contributed by atoms with Crippen molar-refractivity contribution in [2.24, 2.45) is 5.10 Å². The number of carboxylic acids is 1. The highest BCUT2D eigenvalue weighted by molar-refractivity contribution is 5.97. The Labute approximate surface area is 148 Å². The molecule has 0 radical (unpaired) electrons. The van der Waals surface area contributed by atoms with Crippen molar-refractivity contribution in [3.8, 4) is 0 Å². The van der Waals surface area contributed by atoms with Crippen LogP contribution in [0.15, 0.2) is 53.6 Å². The summed E-state index contributed by atoms with van der Waals surface area (Å²) in [5.41, 5.74) is 3.40. The molecule has 0 saturated carbocycles. The van der Waals surface area contributed by atoms with Crippen molar-refractivity contribution >= 4 is 12.2 Å². The quantitative estimate of drug-likeness (QED) is 0.787. The molecular formula is C20H23N3O2. The molecule has 0 spiro atoms. The fourth-order valence-corrected chi connectivity index (χ4v) is 3.04. The first-order valence-electron chi connectivity index (χ1n) is 8.60. The van der Waals surface area contributed by atoms with E-state index in [0.717, 1.165) is 32.7 Å². The second-order valence-corrected chi connectivity index (χ2v) is 6.49. The molecule has 0 amide bonds. The minimum Gasteiger partial charge on any atom is -0.545 e. The van der Waals surface area contributed by atoms with E-state index < -0.39 is 5.97 Å². The second kappa shape index (κ2) is 7.94. The van der Waals surface area contributed by atoms with E-state index in [4.69, 9.17) is 0 Å². The fraction of sp³-hybridized carbons (Fsp3) is 0.300. The van der Waals surface area contributed by atoms with Crippen molar-refractivity contribution in [2.75, 3.05) is 26.2 Å². The molecule has 1 fully saturated rings. The molecule has 5 nitrogen and oxygen atoms in total. The number of hydrazone groups is 1. The number of aromatic carboxylic acids is 1. The predicted molar refractivity (Wildman–Crippen MR) is 95.5 cm³/mol. The largest absolute Gasteiger partial charge is 0.545 e. The van der Waals surface area contributed by atoms with Crippen LogP contribution in [0.3, 0.4) is 0 Å². The van der Waals surface area contributed by atoms with Gasteiger partial charge in [-0.3, -0.25) is 5.01 Å². The number of rotatable bonds is 5. The molecule has 0 atom stereocenters. The van der Waals surface area contributed by atoms with Gasteiger partial charge in [0.2, 0.25) is 0 Å². The number of piperazine rings is 1. The molecule has 25 heavy (non-hydrogen) atoms. The summed E-state index contributed by atoms with van der Waals surface area (Å²) in [5.74, 6) is -1.17. The number of nitrogens with zero attached hydrogens (tertiary/aromatic N) is 2. The number of hydrogen-bond acceptors (Lipinski definition) is 4. The van der Waals surface area contributed by atoms with Gasteiger partial charge in [0.25, 0.3) is 0 Å². The fourth-order valence-electron chi connectivity index (χ4n) is 3.04. The van der Waals surface area contributed by atoms with Crippen LogP contribution in [0.2, 0.25) is 0 Å². The molecule has 1 aliphatic rings. The number of aryl methyl sites for hydroxylation is 1. The van der Waals surface area contributed by atoms with E-state index in [1.165, 1.54) is 11.1 Å². The second-order valence-electron chi connectivity index (χ2n) is 6.49. The maximum Gasteiger partial charge on any atom is 0.103 e. The molecule has 3 rings (SSSR count). The minimum absolute atomic E-state index is 0.176. The van der Waals surface area contributed by atoms with Crippen molar-refractivity contribution in [3.05, 3.63) is 70.8 Å². The summed E-state index contributed by atoms with van der Waals surface area (Å²) in [6, 6.07) is 15.5.